The normalized spacial score (nSPS) is 23.1. The third kappa shape index (κ3) is 4.41. The molecule has 0 bridgehead atoms. The maximum absolute atomic E-state index is 3.67. The van der Waals surface area contributed by atoms with Gasteiger partial charge in [0.15, 0.2) is 0 Å². The van der Waals surface area contributed by atoms with Crippen LogP contribution < -0.4 is 5.32 Å². The Balaban J connectivity index is 2.37. The summed E-state index contributed by atoms with van der Waals surface area (Å²) in [6.45, 7) is 8.44. The molecule has 1 aliphatic heterocycles. The van der Waals surface area contributed by atoms with Crippen molar-refractivity contribution in [3.63, 3.8) is 0 Å². The molecule has 1 rings (SSSR count). The van der Waals surface area contributed by atoms with E-state index >= 15 is 0 Å². The number of nitrogens with zero attached hydrogens (tertiary/aromatic N) is 2. The van der Waals surface area contributed by atoms with Gasteiger partial charge in [0.1, 0.15) is 0 Å². The molecule has 0 spiro atoms. The van der Waals surface area contributed by atoms with Crippen LogP contribution in [0.25, 0.3) is 0 Å². The Kier molecular flexibility index (Phi) is 7.08. The number of likely N-dealkylation sites (N-methyl/N-ethyl adjacent to an activating group) is 1. The summed E-state index contributed by atoms with van der Waals surface area (Å²) in [7, 11) is 4.36. The van der Waals surface area contributed by atoms with Crippen molar-refractivity contribution in [3.05, 3.63) is 0 Å². The first-order valence-corrected chi connectivity index (χ1v) is 11.3. The predicted octanol–water partition coefficient (Wildman–Crippen LogP) is 1.17. The first kappa shape index (κ1) is 14.6. The van der Waals surface area contributed by atoms with Gasteiger partial charge in [0.05, 0.1) is 0 Å². The van der Waals surface area contributed by atoms with Gasteiger partial charge in [-0.2, -0.15) is 0 Å². The van der Waals surface area contributed by atoms with Gasteiger partial charge in [-0.1, -0.05) is 0 Å². The molecule has 3 nitrogen and oxygen atoms in total. The molecule has 4 heteroatoms. The van der Waals surface area contributed by atoms with Gasteiger partial charge in [-0.25, -0.2) is 0 Å². The van der Waals surface area contributed by atoms with E-state index in [9.17, 15) is 0 Å². The molecule has 1 heterocycles. The summed E-state index contributed by atoms with van der Waals surface area (Å²) in [6, 6.07) is 0.836. The van der Waals surface area contributed by atoms with E-state index in [-0.39, 0.29) is 0 Å². The second-order valence-electron chi connectivity index (χ2n) is 5.15. The van der Waals surface area contributed by atoms with E-state index in [1.54, 1.807) is 0 Å². The zero-order valence-electron chi connectivity index (χ0n) is 11.5. The average Bonchev–Trinajstić information content (AvgIpc) is 2.28. The van der Waals surface area contributed by atoms with Crippen molar-refractivity contribution >= 4 is 16.5 Å². The standard InChI is InChI=1S/C7H16N2.C5H12N.Ga/c1-4-7(6-8-3)9-5-2;1-4-5-6(2)3;/h7-8H,3-6H2,1-2H3;1,4-5H2,2-3H3;/q-1;;+1. The fourth-order valence-electron chi connectivity index (χ4n) is 2.76. The monoisotopic (exact) mass is 283 g/mol. The van der Waals surface area contributed by atoms with E-state index < -0.39 is 16.5 Å². The van der Waals surface area contributed by atoms with Crippen LogP contribution in [-0.2, 0) is 0 Å². The third-order valence-electron chi connectivity index (χ3n) is 3.68. The summed E-state index contributed by atoms with van der Waals surface area (Å²) in [5.41, 5.74) is 0. The fourth-order valence-corrected chi connectivity index (χ4v) is 9.79. The first-order valence-electron chi connectivity index (χ1n) is 6.80. The molecule has 1 saturated heterocycles. The Morgan fingerprint density at radius 3 is 2.69 bits per heavy atom. The average molecular weight is 284 g/mol. The molecule has 1 N–H and O–H groups in total. The molecule has 1 unspecified atom stereocenters. The second kappa shape index (κ2) is 7.77. The SMILES string of the molecule is CCC1CN[CH2][Ga]([CH2]CCN(C)C)[N]1CC. The van der Waals surface area contributed by atoms with Gasteiger partial charge in [-0.15, -0.1) is 0 Å². The molecule has 0 saturated carbocycles. The Morgan fingerprint density at radius 1 is 1.38 bits per heavy atom. The van der Waals surface area contributed by atoms with Gasteiger partial charge < -0.3 is 0 Å². The van der Waals surface area contributed by atoms with Crippen LogP contribution >= 0.6 is 0 Å². The van der Waals surface area contributed by atoms with Gasteiger partial charge in [0, 0.05) is 0 Å². The zero-order valence-corrected chi connectivity index (χ0v) is 13.9. The molecular weight excluding hydrogens is 256 g/mol. The van der Waals surface area contributed by atoms with Crippen molar-refractivity contribution in [2.75, 3.05) is 38.8 Å². The molecule has 0 amide bonds. The van der Waals surface area contributed by atoms with Crippen LogP contribution in [0.2, 0.25) is 4.98 Å². The topological polar surface area (TPSA) is 18.5 Å². The number of rotatable bonds is 6. The fraction of sp³-hybridized carbons (Fsp3) is 1.00. The van der Waals surface area contributed by atoms with Crippen molar-refractivity contribution in [3.8, 4) is 0 Å². The quantitative estimate of drug-likeness (QED) is 0.739. The van der Waals surface area contributed by atoms with Gasteiger partial charge in [0.25, 0.3) is 0 Å². The molecule has 0 aromatic rings. The zero-order chi connectivity index (χ0) is 12.0. The third-order valence-corrected chi connectivity index (χ3v) is 11.1. The molecule has 0 aromatic carbocycles. The molecule has 16 heavy (non-hydrogen) atoms. The van der Waals surface area contributed by atoms with Crippen molar-refractivity contribution < 1.29 is 0 Å². The number of nitrogens with one attached hydrogen (secondary N) is 1. The second-order valence-corrected chi connectivity index (χ2v) is 11.4. The van der Waals surface area contributed by atoms with Gasteiger partial charge in [-0.05, 0) is 0 Å². The Bertz CT molecular complexity index is 187. The van der Waals surface area contributed by atoms with E-state index in [0.717, 1.165) is 6.04 Å². The van der Waals surface area contributed by atoms with Gasteiger partial charge in [-0.3, -0.25) is 0 Å². The summed E-state index contributed by atoms with van der Waals surface area (Å²) in [5.74, 6) is 0. The van der Waals surface area contributed by atoms with Crippen LogP contribution in [0.5, 0.6) is 0 Å². The first-order chi connectivity index (χ1) is 7.69. The summed E-state index contributed by atoms with van der Waals surface area (Å²) in [4.78, 5) is 3.83. The van der Waals surface area contributed by atoms with Crippen LogP contribution in [0.15, 0.2) is 0 Å². The summed E-state index contributed by atoms with van der Waals surface area (Å²) < 4.78 is 2.89. The molecule has 94 valence electrons. The van der Waals surface area contributed by atoms with Crippen LogP contribution in [-0.4, -0.2) is 69.8 Å². The molecule has 0 aliphatic carbocycles. The molecule has 1 fully saturated rings. The van der Waals surface area contributed by atoms with Crippen LogP contribution in [0.1, 0.15) is 26.7 Å². The van der Waals surface area contributed by atoms with Crippen LogP contribution in [0.3, 0.4) is 0 Å². The minimum atomic E-state index is -1.18. The Labute approximate surface area is 107 Å². The van der Waals surface area contributed by atoms with Crippen molar-refractivity contribution in [1.29, 1.82) is 0 Å². The molecule has 0 radical (unpaired) electrons. The van der Waals surface area contributed by atoms with E-state index in [1.165, 1.54) is 42.6 Å². The van der Waals surface area contributed by atoms with Crippen LogP contribution in [0, 0.1) is 0 Å². The molecular formula is C12H28GaN3. The summed E-state index contributed by atoms with van der Waals surface area (Å²) in [5, 5.41) is 5.03. The number of hydrogen-bond acceptors (Lipinski definition) is 3. The molecule has 1 atom stereocenters. The van der Waals surface area contributed by atoms with Crippen molar-refractivity contribution in [1.82, 2.24) is 13.8 Å². The van der Waals surface area contributed by atoms with Gasteiger partial charge in [0.2, 0.25) is 0 Å². The van der Waals surface area contributed by atoms with E-state index in [0.29, 0.717) is 0 Å². The summed E-state index contributed by atoms with van der Waals surface area (Å²) in [6.07, 6.45) is 2.71. The van der Waals surface area contributed by atoms with Crippen molar-refractivity contribution in [2.45, 2.75) is 37.7 Å². The van der Waals surface area contributed by atoms with E-state index in [1.807, 2.05) is 0 Å². The Hall–Kier alpha value is 0.516. The predicted molar refractivity (Wildman–Crippen MR) is 73.1 cm³/mol. The van der Waals surface area contributed by atoms with E-state index in [2.05, 4.69) is 41.8 Å². The molecule has 1 aliphatic rings. The molecule has 0 aromatic heterocycles. The van der Waals surface area contributed by atoms with E-state index in [4.69, 9.17) is 0 Å². The maximum atomic E-state index is 3.67. The number of hydrogen-bond donors (Lipinski definition) is 1. The summed E-state index contributed by atoms with van der Waals surface area (Å²) >= 11 is -1.18. The van der Waals surface area contributed by atoms with Crippen LogP contribution in [0.4, 0.5) is 0 Å². The Morgan fingerprint density at radius 2 is 2.12 bits per heavy atom. The minimum absolute atomic E-state index is 0.836. The van der Waals surface area contributed by atoms with Gasteiger partial charge >= 0.3 is 107 Å². The van der Waals surface area contributed by atoms with Crippen molar-refractivity contribution in [2.24, 2.45) is 0 Å².